The molecule has 2 aromatic heterocycles. The van der Waals surface area contributed by atoms with Crippen LogP contribution in [0.15, 0.2) is 63.9 Å². The van der Waals surface area contributed by atoms with E-state index in [2.05, 4.69) is 16.4 Å². The Morgan fingerprint density at radius 3 is 2.45 bits per heavy atom. The number of nitrogens with zero attached hydrogens (tertiary/aromatic N) is 2. The van der Waals surface area contributed by atoms with Crippen molar-refractivity contribution in [1.29, 1.82) is 0 Å². The van der Waals surface area contributed by atoms with Gasteiger partial charge in [-0.3, -0.25) is 14.2 Å². The van der Waals surface area contributed by atoms with Crippen LogP contribution in [0.3, 0.4) is 0 Å². The number of thioether (sulfide) groups is 1. The number of hydrogen-bond donors (Lipinski definition) is 1. The van der Waals surface area contributed by atoms with Gasteiger partial charge < -0.3 is 5.32 Å². The summed E-state index contributed by atoms with van der Waals surface area (Å²) in [5, 5.41) is 5.36. The molecule has 0 radical (unpaired) electrons. The molecular weight excluding hydrogens is 426 g/mol. The molecule has 2 heterocycles. The normalized spacial score (nSPS) is 11.1. The Balaban J connectivity index is 1.57. The van der Waals surface area contributed by atoms with E-state index in [4.69, 9.17) is 0 Å². The maximum atomic E-state index is 13.1. The first-order chi connectivity index (χ1) is 14.9. The Kier molecular flexibility index (Phi) is 6.25. The maximum Gasteiger partial charge on any atom is 0.272 e. The standard InChI is InChI=1S/C24H23N3O2S2/c1-15-4-6-18(7-5-15)13-27-23(29)22-20(8-9-30-22)26-24(27)31-14-21(28)25-19-11-16(2)10-17(3)12-19/h4-12H,13-14H2,1-3H3,(H,25,28). The molecule has 0 aliphatic heterocycles. The summed E-state index contributed by atoms with van der Waals surface area (Å²) in [7, 11) is 0. The molecule has 0 bridgehead atoms. The summed E-state index contributed by atoms with van der Waals surface area (Å²) < 4.78 is 2.30. The minimum absolute atomic E-state index is 0.0715. The molecular formula is C24H23N3O2S2. The molecule has 4 aromatic rings. The highest BCUT2D eigenvalue weighted by atomic mass is 32.2. The van der Waals surface area contributed by atoms with Crippen LogP contribution in [0.4, 0.5) is 5.69 Å². The van der Waals surface area contributed by atoms with Crippen LogP contribution in [0.2, 0.25) is 0 Å². The quantitative estimate of drug-likeness (QED) is 0.326. The Morgan fingerprint density at radius 2 is 1.74 bits per heavy atom. The van der Waals surface area contributed by atoms with Gasteiger partial charge >= 0.3 is 0 Å². The van der Waals surface area contributed by atoms with Gasteiger partial charge in [0.05, 0.1) is 17.8 Å². The number of thiophene rings is 1. The summed E-state index contributed by atoms with van der Waals surface area (Å²) in [6.07, 6.45) is 0. The van der Waals surface area contributed by atoms with Gasteiger partial charge in [0.25, 0.3) is 5.56 Å². The average molecular weight is 450 g/mol. The van der Waals surface area contributed by atoms with Gasteiger partial charge in [-0.15, -0.1) is 11.3 Å². The molecule has 4 rings (SSSR count). The van der Waals surface area contributed by atoms with Crippen molar-refractivity contribution in [3.63, 3.8) is 0 Å². The highest BCUT2D eigenvalue weighted by Gasteiger charge is 2.15. The fourth-order valence-electron chi connectivity index (χ4n) is 3.42. The predicted octanol–water partition coefficient (Wildman–Crippen LogP) is 5.16. The molecule has 31 heavy (non-hydrogen) atoms. The molecule has 0 spiro atoms. The van der Waals surface area contributed by atoms with E-state index in [1.54, 1.807) is 4.57 Å². The number of amides is 1. The van der Waals surface area contributed by atoms with E-state index in [-0.39, 0.29) is 17.2 Å². The molecule has 0 fully saturated rings. The van der Waals surface area contributed by atoms with Crippen molar-refractivity contribution in [2.75, 3.05) is 11.1 Å². The third-order valence-electron chi connectivity index (χ3n) is 4.83. The molecule has 5 nitrogen and oxygen atoms in total. The van der Waals surface area contributed by atoms with Crippen molar-refractivity contribution in [3.05, 3.63) is 86.5 Å². The lowest BCUT2D eigenvalue weighted by Crippen LogP contribution is -2.24. The predicted molar refractivity (Wildman–Crippen MR) is 129 cm³/mol. The number of anilines is 1. The SMILES string of the molecule is Cc1ccc(Cn2c(SCC(=O)Nc3cc(C)cc(C)c3)nc3ccsc3c2=O)cc1. The number of hydrogen-bond acceptors (Lipinski definition) is 5. The number of aromatic nitrogens is 2. The number of carbonyl (C=O) groups excluding carboxylic acids is 1. The van der Waals surface area contributed by atoms with Gasteiger partial charge in [0, 0.05) is 5.69 Å². The molecule has 0 atom stereocenters. The lowest BCUT2D eigenvalue weighted by Gasteiger charge is -2.13. The maximum absolute atomic E-state index is 13.1. The first-order valence-electron chi connectivity index (χ1n) is 9.93. The van der Waals surface area contributed by atoms with E-state index in [0.717, 1.165) is 22.4 Å². The molecule has 1 amide bonds. The Labute approximate surface area is 189 Å². The van der Waals surface area contributed by atoms with Gasteiger partial charge in [0.2, 0.25) is 5.91 Å². The lowest BCUT2D eigenvalue weighted by atomic mass is 10.1. The number of carbonyl (C=O) groups is 1. The van der Waals surface area contributed by atoms with Crippen LogP contribution in [0.25, 0.3) is 10.2 Å². The highest BCUT2D eigenvalue weighted by Crippen LogP contribution is 2.22. The van der Waals surface area contributed by atoms with E-state index >= 15 is 0 Å². The monoisotopic (exact) mass is 449 g/mol. The number of aryl methyl sites for hydroxylation is 3. The molecule has 0 unspecified atom stereocenters. The molecule has 158 valence electrons. The minimum Gasteiger partial charge on any atom is -0.325 e. The molecule has 0 saturated heterocycles. The minimum atomic E-state index is -0.128. The van der Waals surface area contributed by atoms with Crippen molar-refractivity contribution in [2.24, 2.45) is 0 Å². The van der Waals surface area contributed by atoms with E-state index < -0.39 is 0 Å². The zero-order valence-electron chi connectivity index (χ0n) is 17.6. The summed E-state index contributed by atoms with van der Waals surface area (Å²) in [4.78, 5) is 30.4. The van der Waals surface area contributed by atoms with Crippen LogP contribution in [0, 0.1) is 20.8 Å². The summed E-state index contributed by atoms with van der Waals surface area (Å²) >= 11 is 2.68. The zero-order chi connectivity index (χ0) is 22.0. The summed E-state index contributed by atoms with van der Waals surface area (Å²) in [6, 6.07) is 15.9. The first-order valence-corrected chi connectivity index (χ1v) is 11.8. The van der Waals surface area contributed by atoms with Crippen LogP contribution in [-0.4, -0.2) is 21.2 Å². The van der Waals surface area contributed by atoms with Crippen molar-refractivity contribution in [1.82, 2.24) is 9.55 Å². The van der Waals surface area contributed by atoms with Gasteiger partial charge in [0.15, 0.2) is 5.16 Å². The Morgan fingerprint density at radius 1 is 1.03 bits per heavy atom. The Hall–Kier alpha value is -2.90. The van der Waals surface area contributed by atoms with Crippen molar-refractivity contribution in [3.8, 4) is 0 Å². The second kappa shape index (κ2) is 9.08. The second-order valence-electron chi connectivity index (χ2n) is 7.62. The molecule has 0 aliphatic rings. The van der Waals surface area contributed by atoms with E-state index in [9.17, 15) is 9.59 Å². The summed E-state index contributed by atoms with van der Waals surface area (Å²) in [5.41, 5.74) is 5.76. The third kappa shape index (κ3) is 5.06. The van der Waals surface area contributed by atoms with Crippen LogP contribution in [0.5, 0.6) is 0 Å². The smallest absolute Gasteiger partial charge is 0.272 e. The number of rotatable bonds is 6. The van der Waals surface area contributed by atoms with Gasteiger partial charge in [-0.25, -0.2) is 4.98 Å². The fraction of sp³-hybridized carbons (Fsp3) is 0.208. The van der Waals surface area contributed by atoms with E-state index in [1.807, 2.05) is 68.6 Å². The molecule has 7 heteroatoms. The van der Waals surface area contributed by atoms with Crippen LogP contribution >= 0.6 is 23.1 Å². The fourth-order valence-corrected chi connectivity index (χ4v) is 5.00. The zero-order valence-corrected chi connectivity index (χ0v) is 19.3. The van der Waals surface area contributed by atoms with Crippen molar-refractivity contribution < 1.29 is 4.79 Å². The highest BCUT2D eigenvalue weighted by molar-refractivity contribution is 7.99. The number of benzene rings is 2. The number of nitrogens with one attached hydrogen (secondary N) is 1. The molecule has 0 saturated carbocycles. The second-order valence-corrected chi connectivity index (χ2v) is 9.48. The molecule has 2 aromatic carbocycles. The first kappa shape index (κ1) is 21.3. The van der Waals surface area contributed by atoms with Crippen LogP contribution in [0.1, 0.15) is 22.3 Å². The summed E-state index contributed by atoms with van der Waals surface area (Å²) in [5.74, 6) is 0.0414. The average Bonchev–Trinajstić information content (AvgIpc) is 3.18. The number of fused-ring (bicyclic) bond motifs is 1. The van der Waals surface area contributed by atoms with Gasteiger partial charge in [-0.05, 0) is 61.0 Å². The molecule has 0 aliphatic carbocycles. The topological polar surface area (TPSA) is 64.0 Å². The van der Waals surface area contributed by atoms with E-state index in [0.29, 0.717) is 21.9 Å². The van der Waals surface area contributed by atoms with Gasteiger partial charge in [0.1, 0.15) is 4.70 Å². The Bertz CT molecular complexity index is 1290. The summed E-state index contributed by atoms with van der Waals surface area (Å²) in [6.45, 7) is 6.45. The van der Waals surface area contributed by atoms with Gasteiger partial charge in [-0.1, -0.05) is 47.7 Å². The van der Waals surface area contributed by atoms with Crippen LogP contribution in [-0.2, 0) is 11.3 Å². The molecule has 1 N–H and O–H groups in total. The van der Waals surface area contributed by atoms with Crippen LogP contribution < -0.4 is 10.9 Å². The van der Waals surface area contributed by atoms with E-state index in [1.165, 1.54) is 28.7 Å². The van der Waals surface area contributed by atoms with Gasteiger partial charge in [-0.2, -0.15) is 0 Å². The lowest BCUT2D eigenvalue weighted by molar-refractivity contribution is -0.113. The largest absolute Gasteiger partial charge is 0.325 e. The third-order valence-corrected chi connectivity index (χ3v) is 6.70. The van der Waals surface area contributed by atoms with Crippen molar-refractivity contribution in [2.45, 2.75) is 32.5 Å². The van der Waals surface area contributed by atoms with Crippen molar-refractivity contribution >= 4 is 44.9 Å².